The number of hydrogen-bond acceptors (Lipinski definition) is 6. The maximum absolute atomic E-state index is 6.27. The molecule has 3 rings (SSSR count). The zero-order valence-electron chi connectivity index (χ0n) is 15.8. The van der Waals surface area contributed by atoms with Crippen molar-refractivity contribution in [2.24, 2.45) is 0 Å². The van der Waals surface area contributed by atoms with E-state index in [1.165, 1.54) is 0 Å². The highest BCUT2D eigenvalue weighted by molar-refractivity contribution is 7.99. The first-order valence-corrected chi connectivity index (χ1v) is 10.7. The molecule has 0 aliphatic carbocycles. The van der Waals surface area contributed by atoms with Crippen LogP contribution in [-0.2, 0) is 6.54 Å². The first kappa shape index (κ1) is 20.6. The summed E-state index contributed by atoms with van der Waals surface area (Å²) in [6, 6.07) is 15.9. The monoisotopic (exact) mass is 417 g/mol. The van der Waals surface area contributed by atoms with Crippen molar-refractivity contribution in [2.75, 3.05) is 18.9 Å². The normalized spacial score (nSPS) is 10.9. The minimum absolute atomic E-state index is 0.663. The molecule has 28 heavy (non-hydrogen) atoms. The molecule has 6 nitrogen and oxygen atoms in total. The molecule has 2 aromatic carbocycles. The molecule has 1 N–H and O–H groups in total. The summed E-state index contributed by atoms with van der Waals surface area (Å²) < 4.78 is 7.37. The second kappa shape index (κ2) is 11.0. The van der Waals surface area contributed by atoms with Gasteiger partial charge in [-0.2, -0.15) is 4.68 Å². The molecule has 0 aliphatic heterocycles. The van der Waals surface area contributed by atoms with Crippen molar-refractivity contribution in [3.63, 3.8) is 0 Å². The van der Waals surface area contributed by atoms with Crippen molar-refractivity contribution in [1.82, 2.24) is 25.5 Å². The number of nitrogens with one attached hydrogen (secondary N) is 1. The molecule has 0 radical (unpaired) electrons. The largest absolute Gasteiger partial charge is 0.492 e. The van der Waals surface area contributed by atoms with E-state index in [9.17, 15) is 0 Å². The smallest absolute Gasteiger partial charge is 0.214 e. The number of aromatic nitrogens is 4. The van der Waals surface area contributed by atoms with E-state index in [-0.39, 0.29) is 0 Å². The maximum Gasteiger partial charge on any atom is 0.214 e. The number of ether oxygens (including phenoxy) is 1. The highest BCUT2D eigenvalue weighted by Crippen LogP contribution is 2.25. The molecule has 0 atom stereocenters. The van der Waals surface area contributed by atoms with Crippen molar-refractivity contribution >= 4 is 23.4 Å². The van der Waals surface area contributed by atoms with E-state index in [0.29, 0.717) is 11.6 Å². The minimum Gasteiger partial charge on any atom is -0.492 e. The highest BCUT2D eigenvalue weighted by Gasteiger charge is 2.08. The molecule has 0 unspecified atom stereocenters. The van der Waals surface area contributed by atoms with Crippen LogP contribution in [-0.4, -0.2) is 39.1 Å². The molecule has 3 aromatic rings. The number of thioether (sulfide) groups is 1. The molecule has 0 fully saturated rings. The van der Waals surface area contributed by atoms with Gasteiger partial charge in [0.25, 0.3) is 0 Å². The van der Waals surface area contributed by atoms with Gasteiger partial charge in [0.1, 0.15) is 5.75 Å². The summed E-state index contributed by atoms with van der Waals surface area (Å²) in [4.78, 5) is 0. The third-order valence-corrected chi connectivity index (χ3v) is 5.26. The van der Waals surface area contributed by atoms with Crippen LogP contribution in [0.4, 0.5) is 0 Å². The first-order chi connectivity index (χ1) is 13.8. The Kier molecular flexibility index (Phi) is 8.14. The van der Waals surface area contributed by atoms with Gasteiger partial charge >= 0.3 is 0 Å². The molecule has 1 aromatic heterocycles. The van der Waals surface area contributed by atoms with Crippen LogP contribution in [0.5, 0.6) is 5.75 Å². The summed E-state index contributed by atoms with van der Waals surface area (Å²) in [5, 5.41) is 16.9. The Morgan fingerprint density at radius 3 is 2.82 bits per heavy atom. The lowest BCUT2D eigenvalue weighted by Gasteiger charge is -2.09. The van der Waals surface area contributed by atoms with Crippen LogP contribution in [0.2, 0.25) is 5.02 Å². The number of tetrazole rings is 1. The Balaban J connectivity index is 1.38. The molecule has 0 amide bonds. The summed E-state index contributed by atoms with van der Waals surface area (Å²) >= 11 is 7.93. The van der Waals surface area contributed by atoms with Gasteiger partial charge in [-0.1, -0.05) is 54.6 Å². The molecular weight excluding hydrogens is 394 g/mol. The summed E-state index contributed by atoms with van der Waals surface area (Å²) in [6.07, 6.45) is 1.98. The quantitative estimate of drug-likeness (QED) is 0.369. The summed E-state index contributed by atoms with van der Waals surface area (Å²) in [5.41, 5.74) is 2.12. The van der Waals surface area contributed by atoms with Gasteiger partial charge in [-0.3, -0.25) is 0 Å². The number of hydrogen-bond donors (Lipinski definition) is 1. The zero-order chi connectivity index (χ0) is 19.6. The Hall–Kier alpha value is -2.09. The van der Waals surface area contributed by atoms with E-state index in [4.69, 9.17) is 16.3 Å². The summed E-state index contributed by atoms with van der Waals surface area (Å²) in [6.45, 7) is 4.45. The number of para-hydroxylation sites is 1. The minimum atomic E-state index is 0.663. The van der Waals surface area contributed by atoms with Gasteiger partial charge in [0.2, 0.25) is 5.16 Å². The fourth-order valence-corrected chi connectivity index (χ4v) is 3.66. The van der Waals surface area contributed by atoms with Gasteiger partial charge in [-0.25, -0.2) is 0 Å². The van der Waals surface area contributed by atoms with Crippen LogP contribution in [0.3, 0.4) is 0 Å². The number of nitrogens with zero attached hydrogens (tertiary/aromatic N) is 4. The van der Waals surface area contributed by atoms with Crippen molar-refractivity contribution in [1.29, 1.82) is 0 Å². The predicted molar refractivity (Wildman–Crippen MR) is 113 cm³/mol. The van der Waals surface area contributed by atoms with Crippen molar-refractivity contribution < 1.29 is 4.74 Å². The molecule has 0 spiro atoms. The predicted octanol–water partition coefficient (Wildman–Crippen LogP) is 4.38. The Morgan fingerprint density at radius 1 is 1.18 bits per heavy atom. The molecule has 1 heterocycles. The van der Waals surface area contributed by atoms with E-state index in [2.05, 4.69) is 27.8 Å². The average Bonchev–Trinajstić information content (AvgIpc) is 3.19. The van der Waals surface area contributed by atoms with Crippen LogP contribution in [0, 0.1) is 0 Å². The van der Waals surface area contributed by atoms with Gasteiger partial charge in [-0.15, -0.1) is 5.10 Å². The van der Waals surface area contributed by atoms with Gasteiger partial charge in [-0.05, 0) is 59.6 Å². The van der Waals surface area contributed by atoms with E-state index >= 15 is 0 Å². The van der Waals surface area contributed by atoms with Crippen molar-refractivity contribution in [2.45, 2.75) is 31.5 Å². The molecule has 0 saturated carbocycles. The van der Waals surface area contributed by atoms with Crippen molar-refractivity contribution in [3.05, 3.63) is 59.1 Å². The molecule has 8 heteroatoms. The molecule has 0 bridgehead atoms. The second-order valence-corrected chi connectivity index (χ2v) is 7.67. The molecular formula is C20H24ClN5OS. The summed E-state index contributed by atoms with van der Waals surface area (Å²) in [5.74, 6) is 1.69. The van der Waals surface area contributed by atoms with E-state index < -0.39 is 0 Å². The van der Waals surface area contributed by atoms with Crippen LogP contribution in [0.25, 0.3) is 5.69 Å². The van der Waals surface area contributed by atoms with Gasteiger partial charge in [0, 0.05) is 12.3 Å². The number of halogens is 1. The van der Waals surface area contributed by atoms with E-state index in [1.807, 2.05) is 48.5 Å². The molecule has 0 aliphatic rings. The first-order valence-electron chi connectivity index (χ1n) is 9.36. The zero-order valence-corrected chi connectivity index (χ0v) is 17.4. The van der Waals surface area contributed by atoms with Crippen LogP contribution < -0.4 is 10.1 Å². The number of benzene rings is 2. The van der Waals surface area contributed by atoms with Crippen LogP contribution >= 0.6 is 23.4 Å². The lowest BCUT2D eigenvalue weighted by molar-refractivity contribution is 0.317. The fourth-order valence-electron chi connectivity index (χ4n) is 2.58. The third-order valence-electron chi connectivity index (χ3n) is 3.96. The highest BCUT2D eigenvalue weighted by atomic mass is 35.5. The Morgan fingerprint density at radius 2 is 2.04 bits per heavy atom. The topological polar surface area (TPSA) is 64.9 Å². The van der Waals surface area contributed by atoms with Crippen molar-refractivity contribution in [3.8, 4) is 11.4 Å². The molecule has 0 saturated heterocycles. The lowest BCUT2D eigenvalue weighted by Crippen LogP contribution is -2.15. The van der Waals surface area contributed by atoms with E-state index in [0.717, 1.165) is 53.8 Å². The summed E-state index contributed by atoms with van der Waals surface area (Å²) in [7, 11) is 0. The lowest BCUT2D eigenvalue weighted by atomic mass is 10.2. The average molecular weight is 418 g/mol. The molecule has 148 valence electrons. The number of rotatable bonds is 11. The standard InChI is InChI=1S/C20H24ClN5OS/c1-2-12-27-19-10-9-16(14-18(19)21)15-22-11-6-13-28-20-23-24-25-26(20)17-7-4-3-5-8-17/h3-5,7-10,14,22H,2,6,11-13,15H2,1H3. The van der Waals surface area contributed by atoms with Gasteiger partial charge in [0.15, 0.2) is 0 Å². The fraction of sp³-hybridized carbons (Fsp3) is 0.350. The maximum atomic E-state index is 6.27. The SMILES string of the molecule is CCCOc1ccc(CNCCCSc2nnnn2-c2ccccc2)cc1Cl. The van der Waals surface area contributed by atoms with E-state index in [1.54, 1.807) is 16.4 Å². The third kappa shape index (κ3) is 5.95. The van der Waals surface area contributed by atoms with Gasteiger partial charge < -0.3 is 10.1 Å². The second-order valence-electron chi connectivity index (χ2n) is 6.20. The van der Waals surface area contributed by atoms with Gasteiger partial charge in [0.05, 0.1) is 17.3 Å². The Labute approximate surface area is 174 Å². The van der Waals surface area contributed by atoms with Crippen LogP contribution in [0.15, 0.2) is 53.7 Å². The van der Waals surface area contributed by atoms with Crippen LogP contribution in [0.1, 0.15) is 25.3 Å². The Bertz CT molecular complexity index is 859.